The first-order chi connectivity index (χ1) is 18.2. The number of benzene rings is 3. The zero-order chi connectivity index (χ0) is 27.0. The molecule has 0 radical (unpaired) electrons. The van der Waals surface area contributed by atoms with Crippen LogP contribution in [0, 0.1) is 0 Å². The third-order valence-corrected chi connectivity index (χ3v) is 8.65. The van der Waals surface area contributed by atoms with Crippen LogP contribution in [-0.4, -0.2) is 50.8 Å². The Morgan fingerprint density at radius 2 is 1.74 bits per heavy atom. The van der Waals surface area contributed by atoms with Crippen molar-refractivity contribution in [1.82, 2.24) is 10.6 Å². The molecule has 204 valence electrons. The Labute approximate surface area is 232 Å². The molecule has 0 aliphatic carbocycles. The van der Waals surface area contributed by atoms with Crippen molar-refractivity contribution < 1.29 is 22.8 Å². The molecule has 12 heteroatoms. The summed E-state index contributed by atoms with van der Waals surface area (Å²) in [6, 6.07) is 17.7. The molecule has 39 heavy (non-hydrogen) atoms. The minimum atomic E-state index is -3.92. The lowest BCUT2D eigenvalue weighted by Gasteiger charge is -2.21. The molecule has 3 aromatic carbocycles. The summed E-state index contributed by atoms with van der Waals surface area (Å²) < 4.78 is 27.2. The third-order valence-electron chi connectivity index (χ3n) is 6.67. The van der Waals surface area contributed by atoms with Gasteiger partial charge in [0.1, 0.15) is 0 Å². The topological polar surface area (TPSA) is 151 Å². The Balaban J connectivity index is 0.00000353. The van der Waals surface area contributed by atoms with Crippen molar-refractivity contribution in [1.29, 1.82) is 0 Å². The summed E-state index contributed by atoms with van der Waals surface area (Å²) >= 11 is 0. The second kappa shape index (κ2) is 11.0. The quantitative estimate of drug-likeness (QED) is 0.358. The number of sulfone groups is 1. The van der Waals surface area contributed by atoms with Crippen LogP contribution >= 0.6 is 12.4 Å². The van der Waals surface area contributed by atoms with Crippen molar-refractivity contribution in [3.8, 4) is 11.1 Å². The zero-order valence-corrected chi connectivity index (χ0v) is 22.6. The Kier molecular flexibility index (Phi) is 7.96. The Morgan fingerprint density at radius 3 is 2.36 bits per heavy atom. The third kappa shape index (κ3) is 5.33. The van der Waals surface area contributed by atoms with Gasteiger partial charge in [-0.05, 0) is 60.9 Å². The van der Waals surface area contributed by atoms with Crippen LogP contribution in [0.1, 0.15) is 22.8 Å². The number of anilines is 2. The zero-order valence-electron chi connectivity index (χ0n) is 21.0. The molecule has 2 atom stereocenters. The minimum Gasteiger partial charge on any atom is -0.335 e. The van der Waals surface area contributed by atoms with E-state index in [4.69, 9.17) is 5.73 Å². The number of rotatable bonds is 6. The van der Waals surface area contributed by atoms with E-state index in [1.54, 1.807) is 42.2 Å². The van der Waals surface area contributed by atoms with E-state index in [0.717, 1.165) is 5.56 Å². The number of carbonyl (C=O) groups excluding carboxylic acids is 3. The normalized spacial score (nSPS) is 16.9. The molecule has 5 rings (SSSR count). The van der Waals surface area contributed by atoms with Gasteiger partial charge in [0.25, 0.3) is 5.91 Å². The van der Waals surface area contributed by atoms with Gasteiger partial charge in [-0.15, -0.1) is 12.4 Å². The van der Waals surface area contributed by atoms with Crippen LogP contribution in [0.5, 0.6) is 0 Å². The lowest BCUT2D eigenvalue weighted by molar-refractivity contribution is -0.117. The van der Waals surface area contributed by atoms with Crippen molar-refractivity contribution in [2.45, 2.75) is 29.7 Å². The van der Waals surface area contributed by atoms with E-state index in [2.05, 4.69) is 16.0 Å². The molecular formula is C27H28ClN5O5S. The molecule has 2 aliphatic rings. The van der Waals surface area contributed by atoms with E-state index in [1.807, 2.05) is 30.3 Å². The molecule has 0 spiro atoms. The summed E-state index contributed by atoms with van der Waals surface area (Å²) in [4.78, 5) is 38.7. The lowest BCUT2D eigenvalue weighted by atomic mass is 9.97. The highest BCUT2D eigenvalue weighted by Crippen LogP contribution is 2.42. The fourth-order valence-electron chi connectivity index (χ4n) is 4.72. The smallest absolute Gasteiger partial charge is 0.315 e. The molecule has 2 heterocycles. The minimum absolute atomic E-state index is 0. The van der Waals surface area contributed by atoms with Crippen LogP contribution in [0.25, 0.3) is 11.1 Å². The predicted octanol–water partition coefficient (Wildman–Crippen LogP) is 2.68. The molecule has 5 N–H and O–H groups in total. The second-order valence-corrected chi connectivity index (χ2v) is 11.4. The van der Waals surface area contributed by atoms with E-state index in [-0.39, 0.29) is 35.7 Å². The van der Waals surface area contributed by atoms with E-state index < -0.39 is 27.3 Å². The van der Waals surface area contributed by atoms with Crippen LogP contribution in [0.4, 0.5) is 16.2 Å². The van der Waals surface area contributed by atoms with Crippen molar-refractivity contribution >= 4 is 51.5 Å². The van der Waals surface area contributed by atoms with Crippen molar-refractivity contribution in [3.05, 3.63) is 77.9 Å². The second-order valence-electron chi connectivity index (χ2n) is 9.25. The maximum Gasteiger partial charge on any atom is 0.315 e. The number of hydrogen-bond donors (Lipinski definition) is 4. The van der Waals surface area contributed by atoms with Crippen molar-refractivity contribution in [2.75, 3.05) is 23.3 Å². The van der Waals surface area contributed by atoms with Crippen LogP contribution in [0.15, 0.2) is 71.6 Å². The number of hydrogen-bond acceptors (Lipinski definition) is 6. The highest BCUT2D eigenvalue weighted by atomic mass is 35.5. The molecule has 1 unspecified atom stereocenters. The highest BCUT2D eigenvalue weighted by molar-refractivity contribution is 7.92. The number of fused-ring (bicyclic) bond motifs is 1. The number of nitrogens with one attached hydrogen (secondary N) is 3. The number of urea groups is 1. The van der Waals surface area contributed by atoms with Gasteiger partial charge in [0.15, 0.2) is 5.37 Å². The van der Waals surface area contributed by atoms with Gasteiger partial charge in [0, 0.05) is 29.0 Å². The van der Waals surface area contributed by atoms with Gasteiger partial charge >= 0.3 is 6.03 Å². The summed E-state index contributed by atoms with van der Waals surface area (Å²) in [6.07, 6.45) is 0.465. The van der Waals surface area contributed by atoms with E-state index >= 15 is 0 Å². The first-order valence-electron chi connectivity index (χ1n) is 12.1. The molecule has 3 aromatic rings. The SMILES string of the molecule is CC(N)C(=O)Nc1ccc(C(=O)N2CCc3c2ccc(S(=O)(=O)[C@H]2CNC(=O)N2)c3-c2ccccc2)cc1.Cl. The first kappa shape index (κ1) is 28.1. The fourth-order valence-corrected chi connectivity index (χ4v) is 6.37. The molecule has 2 aliphatic heterocycles. The first-order valence-corrected chi connectivity index (χ1v) is 13.7. The van der Waals surface area contributed by atoms with Gasteiger partial charge in [-0.1, -0.05) is 30.3 Å². The average molecular weight is 570 g/mol. The summed E-state index contributed by atoms with van der Waals surface area (Å²) in [6.45, 7) is 1.93. The number of nitrogens with zero attached hydrogens (tertiary/aromatic N) is 1. The summed E-state index contributed by atoms with van der Waals surface area (Å²) in [5.41, 5.74) is 9.18. The van der Waals surface area contributed by atoms with Crippen LogP contribution < -0.4 is 26.6 Å². The molecule has 1 fully saturated rings. The van der Waals surface area contributed by atoms with Gasteiger partial charge in [0.2, 0.25) is 15.7 Å². The van der Waals surface area contributed by atoms with E-state index in [0.29, 0.717) is 41.0 Å². The van der Waals surface area contributed by atoms with E-state index in [1.165, 1.54) is 6.07 Å². The molecule has 0 saturated carbocycles. The average Bonchev–Trinajstić information content (AvgIpc) is 3.55. The molecule has 4 amide bonds. The van der Waals surface area contributed by atoms with Gasteiger partial charge in [-0.25, -0.2) is 13.2 Å². The van der Waals surface area contributed by atoms with Crippen molar-refractivity contribution in [3.63, 3.8) is 0 Å². The molecule has 1 saturated heterocycles. The van der Waals surface area contributed by atoms with Gasteiger partial charge < -0.3 is 26.6 Å². The number of nitrogens with two attached hydrogens (primary N) is 1. The molecule has 0 aromatic heterocycles. The maximum atomic E-state index is 13.6. The molecule has 0 bridgehead atoms. The number of amides is 4. The van der Waals surface area contributed by atoms with Gasteiger partial charge in [0.05, 0.1) is 17.5 Å². The summed E-state index contributed by atoms with van der Waals surface area (Å²) in [5.74, 6) is -0.569. The Morgan fingerprint density at radius 1 is 1.05 bits per heavy atom. The van der Waals surface area contributed by atoms with Gasteiger partial charge in [-0.2, -0.15) is 0 Å². The summed E-state index contributed by atoms with van der Waals surface area (Å²) in [5, 5.41) is 6.58. The number of halogens is 1. The number of carbonyl (C=O) groups is 3. The lowest BCUT2D eigenvalue weighted by Crippen LogP contribution is -2.35. The monoisotopic (exact) mass is 569 g/mol. The van der Waals surface area contributed by atoms with Crippen molar-refractivity contribution in [2.24, 2.45) is 5.73 Å². The van der Waals surface area contributed by atoms with Gasteiger partial charge in [-0.3, -0.25) is 9.59 Å². The Hall–Kier alpha value is -3.93. The molecule has 10 nitrogen and oxygen atoms in total. The van der Waals surface area contributed by atoms with Crippen LogP contribution in [-0.2, 0) is 21.1 Å². The highest BCUT2D eigenvalue weighted by Gasteiger charge is 2.38. The maximum absolute atomic E-state index is 13.6. The van der Waals surface area contributed by atoms with Crippen LogP contribution in [0.3, 0.4) is 0 Å². The largest absolute Gasteiger partial charge is 0.335 e. The standard InChI is InChI=1S/C27H27N5O5S.ClH/c1-16(28)25(33)30-19-9-7-18(8-10-19)26(34)32-14-13-20-21(32)11-12-22(24(20)17-5-3-2-4-6-17)38(36,37)23-15-29-27(35)31-23;/h2-12,16,23H,13-15,28H2,1H3,(H,30,33)(H2,29,31,35);1H/t16?,23-;/m0./s1. The van der Waals surface area contributed by atoms with Crippen LogP contribution in [0.2, 0.25) is 0 Å². The molecular weight excluding hydrogens is 542 g/mol. The Bertz CT molecular complexity index is 1530. The predicted molar refractivity (Wildman–Crippen MR) is 151 cm³/mol. The fraction of sp³-hybridized carbons (Fsp3) is 0.222. The van der Waals surface area contributed by atoms with E-state index in [9.17, 15) is 22.8 Å². The summed E-state index contributed by atoms with van der Waals surface area (Å²) in [7, 11) is -3.92.